The van der Waals surface area contributed by atoms with E-state index in [1.807, 2.05) is 6.92 Å². The summed E-state index contributed by atoms with van der Waals surface area (Å²) < 4.78 is 5.35. The normalized spacial score (nSPS) is 15.2. The molecule has 0 aliphatic carbocycles. The molecular weight excluding hydrogens is 218 g/mol. The van der Waals surface area contributed by atoms with E-state index < -0.39 is 6.10 Å². The van der Waals surface area contributed by atoms with E-state index in [1.165, 1.54) is 0 Å². The van der Waals surface area contributed by atoms with E-state index in [9.17, 15) is 5.11 Å². The van der Waals surface area contributed by atoms with Gasteiger partial charge < -0.3 is 20.3 Å². The van der Waals surface area contributed by atoms with Crippen molar-refractivity contribution in [2.45, 2.75) is 39.7 Å². The summed E-state index contributed by atoms with van der Waals surface area (Å²) in [6.07, 6.45) is 1.62. The van der Waals surface area contributed by atoms with Gasteiger partial charge in [-0.15, -0.1) is 0 Å². The van der Waals surface area contributed by atoms with Gasteiger partial charge in [0.05, 0.1) is 12.7 Å². The molecule has 0 fully saturated rings. The first kappa shape index (κ1) is 16.8. The molecule has 0 aromatic heterocycles. The van der Waals surface area contributed by atoms with Gasteiger partial charge in [-0.25, -0.2) is 0 Å². The van der Waals surface area contributed by atoms with Crippen LogP contribution in [0.4, 0.5) is 0 Å². The number of aliphatic hydroxyl groups is 2. The van der Waals surface area contributed by atoms with Crippen LogP contribution in [-0.2, 0) is 4.74 Å². The molecule has 0 saturated carbocycles. The van der Waals surface area contributed by atoms with Gasteiger partial charge in [0.15, 0.2) is 0 Å². The molecule has 0 aliphatic heterocycles. The molecule has 0 radical (unpaired) electrons. The SMILES string of the molecule is CC(C)COCC(O)CNCCCC(C)CO. The van der Waals surface area contributed by atoms with E-state index in [0.29, 0.717) is 31.6 Å². The van der Waals surface area contributed by atoms with E-state index in [4.69, 9.17) is 9.84 Å². The molecule has 3 N–H and O–H groups in total. The number of aliphatic hydroxyl groups excluding tert-OH is 2. The number of ether oxygens (including phenoxy) is 1. The lowest BCUT2D eigenvalue weighted by Gasteiger charge is -2.14. The van der Waals surface area contributed by atoms with Crippen molar-refractivity contribution in [2.75, 3.05) is 32.9 Å². The van der Waals surface area contributed by atoms with E-state index >= 15 is 0 Å². The smallest absolute Gasteiger partial charge is 0.0897 e. The molecule has 0 amide bonds. The van der Waals surface area contributed by atoms with E-state index in [2.05, 4.69) is 19.2 Å². The van der Waals surface area contributed by atoms with E-state index in [-0.39, 0.29) is 6.61 Å². The molecule has 0 rings (SSSR count). The Bertz CT molecular complexity index is 165. The Hall–Kier alpha value is -0.160. The van der Waals surface area contributed by atoms with Crippen LogP contribution in [0.5, 0.6) is 0 Å². The predicted octanol–water partition coefficient (Wildman–Crippen LogP) is 1.02. The molecule has 0 saturated heterocycles. The third kappa shape index (κ3) is 12.1. The van der Waals surface area contributed by atoms with Gasteiger partial charge in [0, 0.05) is 19.8 Å². The number of rotatable bonds is 11. The van der Waals surface area contributed by atoms with Crippen molar-refractivity contribution in [2.24, 2.45) is 11.8 Å². The van der Waals surface area contributed by atoms with Gasteiger partial charge in [0.25, 0.3) is 0 Å². The third-order valence-corrected chi connectivity index (χ3v) is 2.50. The number of hydrogen-bond acceptors (Lipinski definition) is 4. The monoisotopic (exact) mass is 247 g/mol. The molecule has 0 heterocycles. The summed E-state index contributed by atoms with van der Waals surface area (Å²) in [5, 5.41) is 21.6. The largest absolute Gasteiger partial charge is 0.396 e. The standard InChI is InChI=1S/C13H29NO3/c1-11(2)9-17-10-13(16)7-14-6-4-5-12(3)8-15/h11-16H,4-10H2,1-3H3. The summed E-state index contributed by atoms with van der Waals surface area (Å²) in [5.74, 6) is 0.881. The van der Waals surface area contributed by atoms with Crippen molar-refractivity contribution >= 4 is 0 Å². The van der Waals surface area contributed by atoms with Crippen molar-refractivity contribution in [3.63, 3.8) is 0 Å². The molecule has 17 heavy (non-hydrogen) atoms. The van der Waals surface area contributed by atoms with Crippen LogP contribution in [0, 0.1) is 11.8 Å². The van der Waals surface area contributed by atoms with Gasteiger partial charge in [-0.1, -0.05) is 20.8 Å². The quantitative estimate of drug-likeness (QED) is 0.477. The van der Waals surface area contributed by atoms with Crippen molar-refractivity contribution in [1.29, 1.82) is 0 Å². The summed E-state index contributed by atoms with van der Waals surface area (Å²) in [6, 6.07) is 0. The fraction of sp³-hybridized carbons (Fsp3) is 1.00. The van der Waals surface area contributed by atoms with Crippen LogP contribution in [-0.4, -0.2) is 49.2 Å². The van der Waals surface area contributed by atoms with Crippen LogP contribution in [0.3, 0.4) is 0 Å². The number of nitrogens with one attached hydrogen (secondary N) is 1. The van der Waals surface area contributed by atoms with Crippen LogP contribution >= 0.6 is 0 Å². The first-order valence-corrected chi connectivity index (χ1v) is 6.63. The van der Waals surface area contributed by atoms with E-state index in [0.717, 1.165) is 19.4 Å². The van der Waals surface area contributed by atoms with Crippen LogP contribution in [0.15, 0.2) is 0 Å². The van der Waals surface area contributed by atoms with E-state index in [1.54, 1.807) is 0 Å². The topological polar surface area (TPSA) is 61.7 Å². The van der Waals surface area contributed by atoms with Crippen LogP contribution < -0.4 is 5.32 Å². The molecule has 0 aliphatic rings. The first-order valence-electron chi connectivity index (χ1n) is 6.63. The molecule has 0 bridgehead atoms. The molecular formula is C13H29NO3. The van der Waals surface area contributed by atoms with Gasteiger partial charge in [0.1, 0.15) is 0 Å². The lowest BCUT2D eigenvalue weighted by Crippen LogP contribution is -2.31. The third-order valence-electron chi connectivity index (χ3n) is 2.50. The lowest BCUT2D eigenvalue weighted by molar-refractivity contribution is 0.0262. The summed E-state index contributed by atoms with van der Waals surface area (Å²) in [6.45, 7) is 9.03. The summed E-state index contributed by atoms with van der Waals surface area (Å²) >= 11 is 0. The van der Waals surface area contributed by atoms with Crippen molar-refractivity contribution in [1.82, 2.24) is 5.32 Å². The molecule has 2 unspecified atom stereocenters. The molecule has 2 atom stereocenters. The second-order valence-corrected chi connectivity index (χ2v) is 5.22. The molecule has 104 valence electrons. The fourth-order valence-corrected chi connectivity index (χ4v) is 1.43. The molecule has 4 heteroatoms. The summed E-state index contributed by atoms with van der Waals surface area (Å²) in [5.41, 5.74) is 0. The van der Waals surface area contributed by atoms with Gasteiger partial charge in [-0.05, 0) is 31.2 Å². The Morgan fingerprint density at radius 1 is 1.18 bits per heavy atom. The zero-order valence-electron chi connectivity index (χ0n) is 11.5. The lowest BCUT2D eigenvalue weighted by atomic mass is 10.1. The first-order chi connectivity index (χ1) is 8.06. The summed E-state index contributed by atoms with van der Waals surface area (Å²) in [4.78, 5) is 0. The van der Waals surface area contributed by atoms with Crippen LogP contribution in [0.1, 0.15) is 33.6 Å². The number of hydrogen-bond donors (Lipinski definition) is 3. The van der Waals surface area contributed by atoms with Gasteiger partial charge in [-0.3, -0.25) is 0 Å². The molecule has 0 spiro atoms. The second-order valence-electron chi connectivity index (χ2n) is 5.22. The maximum atomic E-state index is 9.59. The average molecular weight is 247 g/mol. The zero-order chi connectivity index (χ0) is 13.1. The zero-order valence-corrected chi connectivity index (χ0v) is 11.5. The van der Waals surface area contributed by atoms with Crippen molar-refractivity contribution in [3.8, 4) is 0 Å². The van der Waals surface area contributed by atoms with Crippen molar-refractivity contribution in [3.05, 3.63) is 0 Å². The highest BCUT2D eigenvalue weighted by molar-refractivity contribution is 4.60. The van der Waals surface area contributed by atoms with Gasteiger partial charge in [-0.2, -0.15) is 0 Å². The Kier molecular flexibility index (Phi) is 10.9. The molecule has 4 nitrogen and oxygen atoms in total. The maximum Gasteiger partial charge on any atom is 0.0897 e. The Labute approximate surface area is 105 Å². The maximum absolute atomic E-state index is 9.59. The highest BCUT2D eigenvalue weighted by Crippen LogP contribution is 2.02. The average Bonchev–Trinajstić information content (AvgIpc) is 2.27. The highest BCUT2D eigenvalue weighted by Gasteiger charge is 2.04. The minimum atomic E-state index is -0.427. The van der Waals surface area contributed by atoms with Gasteiger partial charge >= 0.3 is 0 Å². The second kappa shape index (κ2) is 11.0. The summed E-state index contributed by atoms with van der Waals surface area (Å²) in [7, 11) is 0. The Balaban J connectivity index is 3.24. The minimum Gasteiger partial charge on any atom is -0.396 e. The Morgan fingerprint density at radius 3 is 2.47 bits per heavy atom. The highest BCUT2D eigenvalue weighted by atomic mass is 16.5. The van der Waals surface area contributed by atoms with Crippen LogP contribution in [0.25, 0.3) is 0 Å². The predicted molar refractivity (Wildman–Crippen MR) is 70.0 cm³/mol. The minimum absolute atomic E-state index is 0.256. The molecule has 0 aromatic rings. The fourth-order valence-electron chi connectivity index (χ4n) is 1.43. The molecule has 0 aromatic carbocycles. The Morgan fingerprint density at radius 2 is 1.88 bits per heavy atom. The van der Waals surface area contributed by atoms with Gasteiger partial charge in [0.2, 0.25) is 0 Å². The van der Waals surface area contributed by atoms with Crippen molar-refractivity contribution < 1.29 is 14.9 Å². The van der Waals surface area contributed by atoms with Crippen LogP contribution in [0.2, 0.25) is 0 Å².